The van der Waals surface area contributed by atoms with E-state index in [4.69, 9.17) is 0 Å². The number of aliphatic imine (C=N–C) groups is 1. The van der Waals surface area contributed by atoms with Crippen LogP contribution in [0.25, 0.3) is 0 Å². The van der Waals surface area contributed by atoms with Gasteiger partial charge in [0.25, 0.3) is 0 Å². The largest absolute Gasteiger partial charge is 0.357 e. The van der Waals surface area contributed by atoms with Gasteiger partial charge in [-0.2, -0.15) is 5.10 Å². The average molecular weight is 491 g/mol. The number of hydrogen-bond donors (Lipinski definition) is 2. The average Bonchev–Trinajstić information content (AvgIpc) is 3.15. The van der Waals surface area contributed by atoms with Crippen molar-refractivity contribution < 1.29 is 0 Å². The van der Waals surface area contributed by atoms with Gasteiger partial charge < -0.3 is 15.5 Å². The minimum atomic E-state index is 0. The molecule has 2 heterocycles. The predicted molar refractivity (Wildman–Crippen MR) is 121 cm³/mol. The van der Waals surface area contributed by atoms with E-state index in [9.17, 15) is 0 Å². The van der Waals surface area contributed by atoms with Crippen LogP contribution >= 0.6 is 35.3 Å². The molecule has 0 atom stereocenters. The normalized spacial score (nSPS) is 11.2. The van der Waals surface area contributed by atoms with Crippen molar-refractivity contribution in [2.45, 2.75) is 40.3 Å². The third-order valence-corrected chi connectivity index (χ3v) is 4.67. The van der Waals surface area contributed by atoms with Crippen molar-refractivity contribution in [1.82, 2.24) is 25.4 Å². The summed E-state index contributed by atoms with van der Waals surface area (Å²) in [6, 6.07) is 2.11. The first-order valence-electron chi connectivity index (χ1n) is 8.64. The Bertz CT molecular complexity index is 693. The van der Waals surface area contributed by atoms with Gasteiger partial charge in [-0.15, -0.1) is 35.3 Å². The molecule has 7 nitrogen and oxygen atoms in total. The van der Waals surface area contributed by atoms with Gasteiger partial charge in [0.1, 0.15) is 0 Å². The van der Waals surface area contributed by atoms with Crippen LogP contribution in [0.2, 0.25) is 0 Å². The highest BCUT2D eigenvalue weighted by atomic mass is 127. The lowest BCUT2D eigenvalue weighted by atomic mass is 10.4. The zero-order chi connectivity index (χ0) is 18.2. The van der Waals surface area contributed by atoms with E-state index >= 15 is 0 Å². The molecule has 0 fully saturated rings. The summed E-state index contributed by atoms with van der Waals surface area (Å²) in [5, 5.41) is 14.2. The number of halogens is 1. The van der Waals surface area contributed by atoms with Crippen LogP contribution in [-0.2, 0) is 13.1 Å². The molecule has 0 bridgehead atoms. The van der Waals surface area contributed by atoms with Crippen LogP contribution in [0.4, 0.5) is 5.13 Å². The summed E-state index contributed by atoms with van der Waals surface area (Å²) in [5.41, 5.74) is 3.27. The third kappa shape index (κ3) is 7.10. The fraction of sp³-hybridized carbons (Fsp3) is 0.588. The molecule has 2 N–H and O–H groups in total. The molecule has 2 rings (SSSR count). The lowest BCUT2D eigenvalue weighted by Crippen LogP contribution is -2.38. The number of aromatic nitrogens is 3. The quantitative estimate of drug-likeness (QED) is 0.257. The van der Waals surface area contributed by atoms with E-state index in [1.54, 1.807) is 11.3 Å². The summed E-state index contributed by atoms with van der Waals surface area (Å²) < 4.78 is 2.05. The van der Waals surface area contributed by atoms with Gasteiger partial charge >= 0.3 is 0 Å². The molecule has 0 radical (unpaired) electrons. The summed E-state index contributed by atoms with van der Waals surface area (Å²) in [4.78, 5) is 11.2. The zero-order valence-corrected chi connectivity index (χ0v) is 19.4. The summed E-state index contributed by atoms with van der Waals surface area (Å²) >= 11 is 1.64. The number of nitrogens with one attached hydrogen (secondary N) is 2. The SMILES string of the molecule is CCNC(=NCc1csc(N(C)C)n1)NCCCn1nc(C)cc1C.I. The number of guanidine groups is 1. The second-order valence-corrected chi connectivity index (χ2v) is 6.98. The van der Waals surface area contributed by atoms with E-state index in [2.05, 4.69) is 55.7 Å². The van der Waals surface area contributed by atoms with Crippen molar-refractivity contribution in [3.8, 4) is 0 Å². The lowest BCUT2D eigenvalue weighted by Gasteiger charge is -2.11. The van der Waals surface area contributed by atoms with Crippen LogP contribution in [-0.4, -0.2) is 47.9 Å². The Morgan fingerprint density at radius 1 is 1.31 bits per heavy atom. The number of aryl methyl sites for hydroxylation is 3. The maximum atomic E-state index is 4.62. The Labute approximate surface area is 177 Å². The van der Waals surface area contributed by atoms with Gasteiger partial charge in [0.2, 0.25) is 0 Å². The molecule has 2 aromatic rings. The predicted octanol–water partition coefficient (Wildman–Crippen LogP) is 2.79. The van der Waals surface area contributed by atoms with Crippen molar-refractivity contribution in [1.29, 1.82) is 0 Å². The first-order chi connectivity index (χ1) is 12.0. The van der Waals surface area contributed by atoms with Gasteiger partial charge in [-0.3, -0.25) is 4.68 Å². The molecule has 0 spiro atoms. The van der Waals surface area contributed by atoms with Gasteiger partial charge in [-0.25, -0.2) is 9.98 Å². The molecule has 0 aliphatic rings. The van der Waals surface area contributed by atoms with Gasteiger partial charge in [-0.05, 0) is 33.3 Å². The second kappa shape index (κ2) is 11.4. The molecular formula is C17H30IN7S. The maximum absolute atomic E-state index is 4.62. The van der Waals surface area contributed by atoms with Crippen molar-refractivity contribution in [2.24, 2.45) is 4.99 Å². The Hall–Kier alpha value is -1.36. The molecule has 0 saturated carbocycles. The molecular weight excluding hydrogens is 461 g/mol. The maximum Gasteiger partial charge on any atom is 0.191 e. The summed E-state index contributed by atoms with van der Waals surface area (Å²) in [7, 11) is 4.00. The van der Waals surface area contributed by atoms with Crippen LogP contribution in [0.15, 0.2) is 16.4 Å². The molecule has 0 amide bonds. The van der Waals surface area contributed by atoms with Crippen LogP contribution in [0.3, 0.4) is 0 Å². The van der Waals surface area contributed by atoms with E-state index in [0.29, 0.717) is 6.54 Å². The van der Waals surface area contributed by atoms with Gasteiger partial charge in [0, 0.05) is 44.8 Å². The minimum absolute atomic E-state index is 0. The van der Waals surface area contributed by atoms with E-state index < -0.39 is 0 Å². The minimum Gasteiger partial charge on any atom is -0.357 e. The van der Waals surface area contributed by atoms with Crippen molar-refractivity contribution in [3.63, 3.8) is 0 Å². The molecule has 9 heteroatoms. The molecule has 26 heavy (non-hydrogen) atoms. The van der Waals surface area contributed by atoms with Crippen molar-refractivity contribution >= 4 is 46.4 Å². The topological polar surface area (TPSA) is 70.4 Å². The molecule has 0 unspecified atom stereocenters. The van der Waals surface area contributed by atoms with Gasteiger partial charge in [-0.1, -0.05) is 0 Å². The Balaban J connectivity index is 0.00000338. The standard InChI is InChI=1S/C17H29N7S.HI/c1-6-18-16(20-11-15-12-25-17(21-15)23(4)5)19-8-7-9-24-14(3)10-13(2)22-24;/h10,12H,6-9,11H2,1-5H3,(H2,18,19,20);1H. The van der Waals surface area contributed by atoms with Crippen LogP contribution < -0.4 is 15.5 Å². The fourth-order valence-electron chi connectivity index (χ4n) is 2.41. The van der Waals surface area contributed by atoms with Crippen molar-refractivity contribution in [2.75, 3.05) is 32.1 Å². The van der Waals surface area contributed by atoms with Crippen LogP contribution in [0.1, 0.15) is 30.4 Å². The van der Waals surface area contributed by atoms with E-state index in [-0.39, 0.29) is 24.0 Å². The zero-order valence-electron chi connectivity index (χ0n) is 16.2. The molecule has 0 aliphatic carbocycles. The van der Waals surface area contributed by atoms with Gasteiger partial charge in [0.05, 0.1) is 17.9 Å². The first-order valence-corrected chi connectivity index (χ1v) is 9.52. The van der Waals surface area contributed by atoms with E-state index in [0.717, 1.165) is 48.5 Å². The summed E-state index contributed by atoms with van der Waals surface area (Å²) in [6.45, 7) is 9.36. The molecule has 0 aliphatic heterocycles. The van der Waals surface area contributed by atoms with E-state index in [1.807, 2.05) is 25.9 Å². The molecule has 0 aromatic carbocycles. The Morgan fingerprint density at radius 2 is 2.08 bits per heavy atom. The molecule has 0 saturated heterocycles. The first kappa shape index (κ1) is 22.7. The number of thiazole rings is 1. The highest BCUT2D eigenvalue weighted by molar-refractivity contribution is 14.0. The van der Waals surface area contributed by atoms with Crippen LogP contribution in [0.5, 0.6) is 0 Å². The Morgan fingerprint density at radius 3 is 2.65 bits per heavy atom. The lowest BCUT2D eigenvalue weighted by molar-refractivity contribution is 0.555. The molecule has 2 aromatic heterocycles. The van der Waals surface area contributed by atoms with E-state index in [1.165, 1.54) is 5.69 Å². The fourth-order valence-corrected chi connectivity index (χ4v) is 3.16. The third-order valence-electron chi connectivity index (χ3n) is 3.61. The smallest absolute Gasteiger partial charge is 0.191 e. The van der Waals surface area contributed by atoms with Crippen molar-refractivity contribution in [3.05, 3.63) is 28.5 Å². The number of rotatable bonds is 8. The number of nitrogens with zero attached hydrogens (tertiary/aromatic N) is 5. The Kier molecular flexibility index (Phi) is 9.92. The van der Waals surface area contributed by atoms with Crippen LogP contribution in [0, 0.1) is 13.8 Å². The monoisotopic (exact) mass is 491 g/mol. The molecule has 146 valence electrons. The highest BCUT2D eigenvalue weighted by Gasteiger charge is 2.04. The summed E-state index contributed by atoms with van der Waals surface area (Å²) in [6.07, 6.45) is 0.994. The van der Waals surface area contributed by atoms with Gasteiger partial charge in [0.15, 0.2) is 11.1 Å². The summed E-state index contributed by atoms with van der Waals surface area (Å²) in [5.74, 6) is 0.829. The number of anilines is 1. The highest BCUT2D eigenvalue weighted by Crippen LogP contribution is 2.18. The second-order valence-electron chi connectivity index (χ2n) is 6.14. The number of hydrogen-bond acceptors (Lipinski definition) is 5.